The molecule has 1 aromatic carbocycles. The first-order chi connectivity index (χ1) is 7.97. The molecule has 4 nitrogen and oxygen atoms in total. The van der Waals surface area contributed by atoms with E-state index in [1.54, 1.807) is 0 Å². The summed E-state index contributed by atoms with van der Waals surface area (Å²) in [6, 6.07) is 7.92. The van der Waals surface area contributed by atoms with E-state index in [0.717, 1.165) is 24.0 Å². The fraction of sp³-hybridized carbons (Fsp3) is 0.500. The Kier molecular flexibility index (Phi) is 4.76. The molecule has 16 heavy (non-hydrogen) atoms. The summed E-state index contributed by atoms with van der Waals surface area (Å²) in [7, 11) is 0. The van der Waals surface area contributed by atoms with E-state index in [0.29, 0.717) is 26.4 Å². The lowest BCUT2D eigenvalue weighted by Crippen LogP contribution is -2.06. The number of hydrogen-bond acceptors (Lipinski definition) is 4. The molecule has 0 saturated carbocycles. The van der Waals surface area contributed by atoms with Gasteiger partial charge in [0, 0.05) is 0 Å². The highest BCUT2D eigenvalue weighted by atomic mass is 17.2. The SMILES string of the molecule is c1ccc2c(c1)COOCCCCOOC2. The Morgan fingerprint density at radius 2 is 1.19 bits per heavy atom. The van der Waals surface area contributed by atoms with Crippen LogP contribution in [0.1, 0.15) is 24.0 Å². The van der Waals surface area contributed by atoms with Crippen molar-refractivity contribution >= 4 is 0 Å². The predicted molar refractivity (Wildman–Crippen MR) is 57.2 cm³/mol. The zero-order valence-electron chi connectivity index (χ0n) is 9.19. The molecule has 1 heterocycles. The van der Waals surface area contributed by atoms with Crippen LogP contribution in [0.2, 0.25) is 0 Å². The Bertz CT molecular complexity index is 283. The van der Waals surface area contributed by atoms with Gasteiger partial charge in [0.05, 0.1) is 13.2 Å². The van der Waals surface area contributed by atoms with Crippen LogP contribution in [0.25, 0.3) is 0 Å². The van der Waals surface area contributed by atoms with Crippen LogP contribution in [0.15, 0.2) is 24.3 Å². The van der Waals surface area contributed by atoms with Crippen molar-refractivity contribution in [3.63, 3.8) is 0 Å². The number of hydrogen-bond donors (Lipinski definition) is 0. The van der Waals surface area contributed by atoms with Crippen molar-refractivity contribution in [2.75, 3.05) is 13.2 Å². The molecule has 1 aliphatic rings. The average Bonchev–Trinajstić information content (AvgIpc) is 2.30. The van der Waals surface area contributed by atoms with Gasteiger partial charge in [-0.05, 0) is 24.0 Å². The molecule has 88 valence electrons. The third-order valence-electron chi connectivity index (χ3n) is 2.42. The number of benzene rings is 1. The summed E-state index contributed by atoms with van der Waals surface area (Å²) >= 11 is 0. The second-order valence-corrected chi connectivity index (χ2v) is 3.64. The van der Waals surface area contributed by atoms with Gasteiger partial charge in [0.2, 0.25) is 0 Å². The van der Waals surface area contributed by atoms with E-state index in [2.05, 4.69) is 0 Å². The second-order valence-electron chi connectivity index (χ2n) is 3.64. The Labute approximate surface area is 94.9 Å². The summed E-state index contributed by atoms with van der Waals surface area (Å²) in [5.41, 5.74) is 2.12. The molecule has 0 saturated heterocycles. The maximum absolute atomic E-state index is 5.14. The number of rotatable bonds is 0. The van der Waals surface area contributed by atoms with Gasteiger partial charge in [-0.2, -0.15) is 0 Å². The van der Waals surface area contributed by atoms with Crippen LogP contribution in [-0.4, -0.2) is 13.2 Å². The van der Waals surface area contributed by atoms with E-state index in [9.17, 15) is 0 Å². The van der Waals surface area contributed by atoms with Gasteiger partial charge >= 0.3 is 0 Å². The largest absolute Gasteiger partial charge is 0.236 e. The quantitative estimate of drug-likeness (QED) is 0.634. The van der Waals surface area contributed by atoms with Crippen LogP contribution in [0.4, 0.5) is 0 Å². The zero-order valence-corrected chi connectivity index (χ0v) is 9.19. The van der Waals surface area contributed by atoms with Crippen molar-refractivity contribution in [3.8, 4) is 0 Å². The van der Waals surface area contributed by atoms with Crippen LogP contribution in [0.5, 0.6) is 0 Å². The molecule has 1 aliphatic heterocycles. The summed E-state index contributed by atoms with van der Waals surface area (Å²) < 4.78 is 0. The van der Waals surface area contributed by atoms with Crippen LogP contribution in [0.3, 0.4) is 0 Å². The molecule has 0 aliphatic carbocycles. The summed E-state index contributed by atoms with van der Waals surface area (Å²) in [5, 5.41) is 0. The maximum atomic E-state index is 5.14. The Balaban J connectivity index is 1.99. The Morgan fingerprint density at radius 3 is 1.69 bits per heavy atom. The lowest BCUT2D eigenvalue weighted by Gasteiger charge is -2.11. The van der Waals surface area contributed by atoms with Crippen molar-refractivity contribution in [2.45, 2.75) is 26.1 Å². The summed E-state index contributed by atoms with van der Waals surface area (Å²) in [4.78, 5) is 20.4. The van der Waals surface area contributed by atoms with Crippen molar-refractivity contribution in [2.24, 2.45) is 0 Å². The molecule has 0 bridgehead atoms. The van der Waals surface area contributed by atoms with Crippen molar-refractivity contribution in [3.05, 3.63) is 35.4 Å². The molecule has 0 radical (unpaired) electrons. The van der Waals surface area contributed by atoms with Crippen molar-refractivity contribution in [1.82, 2.24) is 0 Å². The summed E-state index contributed by atoms with van der Waals surface area (Å²) in [6.45, 7) is 2.07. The van der Waals surface area contributed by atoms with Gasteiger partial charge in [-0.15, -0.1) is 0 Å². The molecular weight excluding hydrogens is 208 g/mol. The van der Waals surface area contributed by atoms with Crippen LogP contribution in [-0.2, 0) is 32.8 Å². The minimum Gasteiger partial charge on any atom is -0.236 e. The van der Waals surface area contributed by atoms with Crippen LogP contribution >= 0.6 is 0 Å². The van der Waals surface area contributed by atoms with Crippen LogP contribution in [0, 0.1) is 0 Å². The lowest BCUT2D eigenvalue weighted by atomic mass is 10.1. The Hall–Kier alpha value is -0.940. The van der Waals surface area contributed by atoms with Gasteiger partial charge in [0.25, 0.3) is 0 Å². The van der Waals surface area contributed by atoms with Gasteiger partial charge in [-0.25, -0.2) is 19.6 Å². The summed E-state index contributed by atoms with van der Waals surface area (Å²) in [6.07, 6.45) is 1.82. The van der Waals surface area contributed by atoms with E-state index in [4.69, 9.17) is 19.6 Å². The molecule has 2 rings (SSSR count). The van der Waals surface area contributed by atoms with Crippen LogP contribution < -0.4 is 0 Å². The fourth-order valence-electron chi connectivity index (χ4n) is 1.49. The highest BCUT2D eigenvalue weighted by molar-refractivity contribution is 5.25. The lowest BCUT2D eigenvalue weighted by molar-refractivity contribution is -0.317. The molecule has 0 fully saturated rings. The normalized spacial score (nSPS) is 19.2. The first-order valence-electron chi connectivity index (χ1n) is 5.52. The van der Waals surface area contributed by atoms with Crippen molar-refractivity contribution < 1.29 is 19.6 Å². The molecule has 1 aromatic rings. The van der Waals surface area contributed by atoms with E-state index in [-0.39, 0.29) is 0 Å². The van der Waals surface area contributed by atoms with E-state index >= 15 is 0 Å². The predicted octanol–water partition coefficient (Wildman–Crippen LogP) is 2.38. The average molecular weight is 224 g/mol. The molecule has 0 unspecified atom stereocenters. The Morgan fingerprint density at radius 1 is 0.688 bits per heavy atom. The van der Waals surface area contributed by atoms with E-state index in [1.165, 1.54) is 0 Å². The topological polar surface area (TPSA) is 36.9 Å². The van der Waals surface area contributed by atoms with Gasteiger partial charge in [0.1, 0.15) is 13.2 Å². The minimum absolute atomic E-state index is 0.444. The molecule has 0 amide bonds. The van der Waals surface area contributed by atoms with Gasteiger partial charge in [-0.1, -0.05) is 24.3 Å². The molecule has 0 aromatic heterocycles. The summed E-state index contributed by atoms with van der Waals surface area (Å²) in [5.74, 6) is 0. The zero-order chi connectivity index (χ0) is 11.1. The number of fused-ring (bicyclic) bond motifs is 1. The monoisotopic (exact) mass is 224 g/mol. The molecule has 0 N–H and O–H groups in total. The smallest absolute Gasteiger partial charge is 0.108 e. The first kappa shape index (κ1) is 11.5. The third-order valence-corrected chi connectivity index (χ3v) is 2.42. The van der Waals surface area contributed by atoms with E-state index in [1.807, 2.05) is 24.3 Å². The van der Waals surface area contributed by atoms with E-state index < -0.39 is 0 Å². The van der Waals surface area contributed by atoms with Gasteiger partial charge < -0.3 is 0 Å². The second kappa shape index (κ2) is 6.60. The minimum atomic E-state index is 0.444. The molecule has 4 heteroatoms. The molecular formula is C12H16O4. The standard InChI is InChI=1S/C12H16O4/c1-2-6-12-10-16-14-8-4-3-7-13-15-9-11(12)5-1/h1-2,5-6H,3-4,7-10H2. The molecule has 0 atom stereocenters. The first-order valence-corrected chi connectivity index (χ1v) is 5.52. The van der Waals surface area contributed by atoms with Gasteiger partial charge in [0.15, 0.2) is 0 Å². The van der Waals surface area contributed by atoms with Crippen molar-refractivity contribution in [1.29, 1.82) is 0 Å². The third kappa shape index (κ3) is 3.57. The highest BCUT2D eigenvalue weighted by Crippen LogP contribution is 2.12. The van der Waals surface area contributed by atoms with Gasteiger partial charge in [-0.3, -0.25) is 0 Å². The molecule has 0 spiro atoms. The maximum Gasteiger partial charge on any atom is 0.108 e. The highest BCUT2D eigenvalue weighted by Gasteiger charge is 2.04. The fourth-order valence-corrected chi connectivity index (χ4v) is 1.49.